The number of halogens is 1. The molecule has 0 saturated carbocycles. The molecule has 6 nitrogen and oxygen atoms in total. The van der Waals surface area contributed by atoms with Gasteiger partial charge >= 0.3 is 0 Å². The number of carbonyl (C=O) groups excluding carboxylic acids is 1. The van der Waals surface area contributed by atoms with Crippen LogP contribution >= 0.6 is 0 Å². The maximum atomic E-state index is 13.5. The van der Waals surface area contributed by atoms with Gasteiger partial charge in [-0.3, -0.25) is 4.79 Å². The number of amides is 1. The van der Waals surface area contributed by atoms with Gasteiger partial charge in [-0.15, -0.1) is 0 Å². The first kappa shape index (κ1) is 17.0. The van der Waals surface area contributed by atoms with E-state index in [1.807, 2.05) is 36.7 Å². The fourth-order valence-corrected chi connectivity index (χ4v) is 3.14. The summed E-state index contributed by atoms with van der Waals surface area (Å²) in [4.78, 5) is 23.8. The lowest BCUT2D eigenvalue weighted by atomic mass is 10.1. The Kier molecular flexibility index (Phi) is 3.99. The van der Waals surface area contributed by atoms with Crippen molar-refractivity contribution in [3.05, 3.63) is 65.5 Å². The molecule has 0 fully saturated rings. The second kappa shape index (κ2) is 6.35. The average molecular weight is 363 g/mol. The first-order chi connectivity index (χ1) is 12.9. The van der Waals surface area contributed by atoms with E-state index in [4.69, 9.17) is 0 Å². The van der Waals surface area contributed by atoms with Crippen molar-refractivity contribution in [1.29, 1.82) is 0 Å². The second-order valence-electron chi connectivity index (χ2n) is 6.49. The molecule has 0 radical (unpaired) electrons. The standard InChI is InChI=1S/C20H18FN5O/c1-11-8-13(19-24-16-9-14(21)5-7-17(16)26(19)3)4-6-15(11)25-20(27)18-12(2)22-10-23-18/h4-10H,1-3H3,(H,22,23)(H,25,27). The molecule has 2 heterocycles. The predicted octanol–water partition coefficient (Wildman–Crippen LogP) is 3.97. The van der Waals surface area contributed by atoms with Gasteiger partial charge in [0.15, 0.2) is 0 Å². The molecule has 0 aliphatic carbocycles. The van der Waals surface area contributed by atoms with E-state index in [0.29, 0.717) is 22.6 Å². The molecule has 0 unspecified atom stereocenters. The number of nitrogens with zero attached hydrogens (tertiary/aromatic N) is 3. The van der Waals surface area contributed by atoms with Crippen LogP contribution < -0.4 is 5.32 Å². The number of benzene rings is 2. The SMILES string of the molecule is Cc1cc(-c2nc3cc(F)ccc3n2C)ccc1NC(=O)c1nc[nH]c1C. The van der Waals surface area contributed by atoms with Gasteiger partial charge < -0.3 is 14.9 Å². The molecule has 0 aliphatic rings. The van der Waals surface area contributed by atoms with E-state index >= 15 is 0 Å². The summed E-state index contributed by atoms with van der Waals surface area (Å²) < 4.78 is 15.4. The van der Waals surface area contributed by atoms with Gasteiger partial charge in [-0.25, -0.2) is 14.4 Å². The largest absolute Gasteiger partial charge is 0.348 e. The number of aromatic nitrogens is 4. The normalized spacial score (nSPS) is 11.1. The first-order valence-corrected chi connectivity index (χ1v) is 8.48. The lowest BCUT2D eigenvalue weighted by Crippen LogP contribution is -2.14. The van der Waals surface area contributed by atoms with E-state index in [9.17, 15) is 9.18 Å². The molecule has 2 aromatic carbocycles. The summed E-state index contributed by atoms with van der Waals surface area (Å²) in [6.07, 6.45) is 1.49. The van der Waals surface area contributed by atoms with Crippen LogP contribution in [0, 0.1) is 19.7 Å². The summed E-state index contributed by atoms with van der Waals surface area (Å²) >= 11 is 0. The molecule has 4 aromatic rings. The fourth-order valence-electron chi connectivity index (χ4n) is 3.14. The molecule has 0 aliphatic heterocycles. The van der Waals surface area contributed by atoms with Crippen molar-refractivity contribution in [2.24, 2.45) is 7.05 Å². The molecular formula is C20H18FN5O. The number of aromatic amines is 1. The number of rotatable bonds is 3. The Morgan fingerprint density at radius 1 is 1.19 bits per heavy atom. The third-order valence-corrected chi connectivity index (χ3v) is 4.62. The minimum Gasteiger partial charge on any atom is -0.348 e. The van der Waals surface area contributed by atoms with E-state index in [2.05, 4.69) is 20.3 Å². The second-order valence-corrected chi connectivity index (χ2v) is 6.49. The van der Waals surface area contributed by atoms with Gasteiger partial charge in [-0.2, -0.15) is 0 Å². The number of hydrogen-bond acceptors (Lipinski definition) is 3. The van der Waals surface area contributed by atoms with Crippen LogP contribution in [0.25, 0.3) is 22.4 Å². The number of anilines is 1. The molecule has 0 atom stereocenters. The topological polar surface area (TPSA) is 75.6 Å². The molecule has 1 amide bonds. The maximum Gasteiger partial charge on any atom is 0.276 e. The summed E-state index contributed by atoms with van der Waals surface area (Å²) in [5, 5.41) is 2.88. The fraction of sp³-hybridized carbons (Fsp3) is 0.150. The van der Waals surface area contributed by atoms with Gasteiger partial charge in [0, 0.05) is 30.1 Å². The highest BCUT2D eigenvalue weighted by molar-refractivity contribution is 6.04. The number of nitrogens with one attached hydrogen (secondary N) is 2. The summed E-state index contributed by atoms with van der Waals surface area (Å²) in [6.45, 7) is 3.71. The number of H-pyrrole nitrogens is 1. The van der Waals surface area contributed by atoms with Gasteiger partial charge in [-0.05, 0) is 49.7 Å². The molecule has 2 aromatic heterocycles. The lowest BCUT2D eigenvalue weighted by Gasteiger charge is -2.10. The molecule has 7 heteroatoms. The van der Waals surface area contributed by atoms with Crippen molar-refractivity contribution >= 4 is 22.6 Å². The van der Waals surface area contributed by atoms with E-state index in [1.54, 1.807) is 13.0 Å². The number of hydrogen-bond donors (Lipinski definition) is 2. The molecule has 4 rings (SSSR count). The van der Waals surface area contributed by atoms with Crippen molar-refractivity contribution in [3.8, 4) is 11.4 Å². The van der Waals surface area contributed by atoms with Crippen molar-refractivity contribution < 1.29 is 9.18 Å². The Hall–Kier alpha value is -3.48. The van der Waals surface area contributed by atoms with Gasteiger partial charge in [-0.1, -0.05) is 0 Å². The maximum absolute atomic E-state index is 13.5. The highest BCUT2D eigenvalue weighted by Gasteiger charge is 2.15. The third kappa shape index (κ3) is 2.97. The molecule has 0 spiro atoms. The summed E-state index contributed by atoms with van der Waals surface area (Å²) in [5.74, 6) is 0.164. The lowest BCUT2D eigenvalue weighted by molar-refractivity contribution is 0.102. The van der Waals surface area contributed by atoms with E-state index in [0.717, 1.165) is 22.5 Å². The van der Waals surface area contributed by atoms with Crippen LogP contribution in [-0.2, 0) is 7.05 Å². The summed E-state index contributed by atoms with van der Waals surface area (Å²) in [7, 11) is 1.90. The monoisotopic (exact) mass is 363 g/mol. The van der Waals surface area contributed by atoms with Crippen LogP contribution in [0.3, 0.4) is 0 Å². The molecule has 0 saturated heterocycles. The number of fused-ring (bicyclic) bond motifs is 1. The van der Waals surface area contributed by atoms with Crippen molar-refractivity contribution in [1.82, 2.24) is 19.5 Å². The Bertz CT molecular complexity index is 1170. The van der Waals surface area contributed by atoms with Crippen LogP contribution in [0.2, 0.25) is 0 Å². The number of carbonyl (C=O) groups is 1. The summed E-state index contributed by atoms with van der Waals surface area (Å²) in [5.41, 5.74) is 5.04. The van der Waals surface area contributed by atoms with Gasteiger partial charge in [0.1, 0.15) is 17.3 Å². The zero-order chi connectivity index (χ0) is 19.1. The number of aryl methyl sites for hydroxylation is 3. The van der Waals surface area contributed by atoms with Crippen molar-refractivity contribution in [2.45, 2.75) is 13.8 Å². The first-order valence-electron chi connectivity index (χ1n) is 8.48. The Morgan fingerprint density at radius 2 is 2.00 bits per heavy atom. The zero-order valence-electron chi connectivity index (χ0n) is 15.2. The van der Waals surface area contributed by atoms with Crippen LogP contribution in [0.1, 0.15) is 21.7 Å². The highest BCUT2D eigenvalue weighted by Crippen LogP contribution is 2.27. The van der Waals surface area contributed by atoms with Crippen LogP contribution in [0.15, 0.2) is 42.7 Å². The third-order valence-electron chi connectivity index (χ3n) is 4.62. The van der Waals surface area contributed by atoms with Gasteiger partial charge in [0.05, 0.1) is 17.4 Å². The van der Waals surface area contributed by atoms with Crippen LogP contribution in [-0.4, -0.2) is 25.4 Å². The minimum absolute atomic E-state index is 0.261. The Labute approximate surface area is 155 Å². The van der Waals surface area contributed by atoms with Crippen LogP contribution in [0.4, 0.5) is 10.1 Å². The minimum atomic E-state index is -0.310. The van der Waals surface area contributed by atoms with Crippen molar-refractivity contribution in [2.75, 3.05) is 5.32 Å². The number of imidazole rings is 2. The van der Waals surface area contributed by atoms with Crippen LogP contribution in [0.5, 0.6) is 0 Å². The van der Waals surface area contributed by atoms with Gasteiger partial charge in [0.25, 0.3) is 5.91 Å². The molecule has 0 bridgehead atoms. The summed E-state index contributed by atoms with van der Waals surface area (Å²) in [6, 6.07) is 10.2. The predicted molar refractivity (Wildman–Crippen MR) is 102 cm³/mol. The smallest absolute Gasteiger partial charge is 0.276 e. The Balaban J connectivity index is 1.67. The zero-order valence-corrected chi connectivity index (χ0v) is 15.2. The Morgan fingerprint density at radius 3 is 2.70 bits per heavy atom. The molecule has 27 heavy (non-hydrogen) atoms. The molecular weight excluding hydrogens is 345 g/mol. The van der Waals surface area contributed by atoms with E-state index < -0.39 is 0 Å². The van der Waals surface area contributed by atoms with E-state index in [-0.39, 0.29) is 11.7 Å². The van der Waals surface area contributed by atoms with Gasteiger partial charge in [0.2, 0.25) is 0 Å². The van der Waals surface area contributed by atoms with Crippen molar-refractivity contribution in [3.63, 3.8) is 0 Å². The molecule has 2 N–H and O–H groups in total. The quantitative estimate of drug-likeness (QED) is 0.578. The van der Waals surface area contributed by atoms with E-state index in [1.165, 1.54) is 18.5 Å². The molecule has 136 valence electrons. The highest BCUT2D eigenvalue weighted by atomic mass is 19.1. The average Bonchev–Trinajstić information content (AvgIpc) is 3.20.